The van der Waals surface area contributed by atoms with Crippen molar-refractivity contribution >= 4 is 11.6 Å². The maximum atomic E-state index is 9.20. The average Bonchev–Trinajstić information content (AvgIpc) is 2.55. The highest BCUT2D eigenvalue weighted by molar-refractivity contribution is 5.94. The molecule has 0 aliphatic heterocycles. The first-order valence-electron chi connectivity index (χ1n) is 9.07. The largest absolute Gasteiger partial charge is 0.494 e. The number of nitrogens with zero attached hydrogens (tertiary/aromatic N) is 1. The standard InChI is InChI=1S/C19H33N3O3/c1-5-24-16-7-8-18(25-6-2)17(12-16)22-19(20)21-13-15(9-10-23)11-14(3)4/h7-8,12,14-15,23H,5-6,9-11,13H2,1-4H3,(H3,20,21,22). The molecule has 0 radical (unpaired) electrons. The van der Waals surface area contributed by atoms with Crippen molar-refractivity contribution in [2.75, 3.05) is 31.7 Å². The van der Waals surface area contributed by atoms with Crippen LogP contribution >= 0.6 is 0 Å². The fourth-order valence-electron chi connectivity index (χ4n) is 2.68. The van der Waals surface area contributed by atoms with E-state index in [1.807, 2.05) is 32.0 Å². The van der Waals surface area contributed by atoms with Gasteiger partial charge in [0.15, 0.2) is 5.96 Å². The van der Waals surface area contributed by atoms with Crippen LogP contribution in [0, 0.1) is 11.8 Å². The number of ether oxygens (including phenoxy) is 2. The fourth-order valence-corrected chi connectivity index (χ4v) is 2.68. The quantitative estimate of drug-likeness (QED) is 0.421. The van der Waals surface area contributed by atoms with E-state index in [0.29, 0.717) is 43.3 Å². The summed E-state index contributed by atoms with van der Waals surface area (Å²) >= 11 is 0. The lowest BCUT2D eigenvalue weighted by molar-refractivity contribution is 0.246. The zero-order chi connectivity index (χ0) is 18.7. The molecule has 1 aromatic rings. The third-order valence-corrected chi connectivity index (χ3v) is 3.69. The molecule has 1 rings (SSSR count). The molecule has 0 aromatic heterocycles. The monoisotopic (exact) mass is 351 g/mol. The van der Waals surface area contributed by atoms with E-state index in [0.717, 1.165) is 24.3 Å². The minimum atomic E-state index is 0.172. The highest BCUT2D eigenvalue weighted by Gasteiger charge is 2.11. The minimum absolute atomic E-state index is 0.172. The molecule has 25 heavy (non-hydrogen) atoms. The Labute approximate surface area is 151 Å². The smallest absolute Gasteiger partial charge is 0.193 e. The zero-order valence-corrected chi connectivity index (χ0v) is 15.9. The van der Waals surface area contributed by atoms with Gasteiger partial charge in [0.2, 0.25) is 0 Å². The van der Waals surface area contributed by atoms with E-state index < -0.39 is 0 Å². The SMILES string of the molecule is CCOc1ccc(OCC)c(NC(N)=NCC(CCO)CC(C)C)c1. The van der Waals surface area contributed by atoms with Crippen LogP contribution in [-0.2, 0) is 0 Å². The number of hydrogen-bond acceptors (Lipinski definition) is 4. The van der Waals surface area contributed by atoms with Crippen molar-refractivity contribution in [3.8, 4) is 11.5 Å². The molecular formula is C19H33N3O3. The van der Waals surface area contributed by atoms with E-state index in [1.165, 1.54) is 0 Å². The Hall–Kier alpha value is -1.95. The van der Waals surface area contributed by atoms with Gasteiger partial charge in [-0.25, -0.2) is 0 Å². The summed E-state index contributed by atoms with van der Waals surface area (Å²) in [5.41, 5.74) is 6.78. The van der Waals surface area contributed by atoms with E-state index in [-0.39, 0.29) is 6.61 Å². The molecular weight excluding hydrogens is 318 g/mol. The molecule has 6 nitrogen and oxygen atoms in total. The number of guanidine groups is 1. The molecule has 0 saturated heterocycles. The van der Waals surface area contributed by atoms with Gasteiger partial charge < -0.3 is 25.6 Å². The summed E-state index contributed by atoms with van der Waals surface area (Å²) in [6.45, 7) is 10.1. The first-order valence-corrected chi connectivity index (χ1v) is 9.07. The Balaban J connectivity index is 2.81. The lowest BCUT2D eigenvalue weighted by atomic mass is 9.94. The molecule has 0 saturated carbocycles. The van der Waals surface area contributed by atoms with Crippen LogP contribution in [0.15, 0.2) is 23.2 Å². The first kappa shape index (κ1) is 21.1. The highest BCUT2D eigenvalue weighted by atomic mass is 16.5. The predicted molar refractivity (Wildman–Crippen MR) is 104 cm³/mol. The van der Waals surface area contributed by atoms with E-state index in [2.05, 4.69) is 24.2 Å². The van der Waals surface area contributed by atoms with Crippen molar-refractivity contribution in [1.82, 2.24) is 0 Å². The maximum Gasteiger partial charge on any atom is 0.193 e. The molecule has 0 amide bonds. The average molecular weight is 351 g/mol. The fraction of sp³-hybridized carbons (Fsp3) is 0.632. The Morgan fingerprint density at radius 3 is 2.56 bits per heavy atom. The lowest BCUT2D eigenvalue weighted by Crippen LogP contribution is -2.24. The van der Waals surface area contributed by atoms with Gasteiger partial charge in [-0.05, 0) is 50.7 Å². The second-order valence-corrected chi connectivity index (χ2v) is 6.38. The van der Waals surface area contributed by atoms with E-state index in [4.69, 9.17) is 15.2 Å². The van der Waals surface area contributed by atoms with E-state index in [9.17, 15) is 5.11 Å². The van der Waals surface area contributed by atoms with E-state index >= 15 is 0 Å². The van der Waals surface area contributed by atoms with Crippen LogP contribution in [0.2, 0.25) is 0 Å². The molecule has 0 heterocycles. The summed E-state index contributed by atoms with van der Waals surface area (Å²) in [6.07, 6.45) is 1.75. The maximum absolute atomic E-state index is 9.20. The topological polar surface area (TPSA) is 89.1 Å². The van der Waals surface area contributed by atoms with Crippen LogP contribution in [0.3, 0.4) is 0 Å². The molecule has 0 bridgehead atoms. The highest BCUT2D eigenvalue weighted by Crippen LogP contribution is 2.29. The summed E-state index contributed by atoms with van der Waals surface area (Å²) in [6, 6.07) is 5.58. The van der Waals surface area contributed by atoms with E-state index in [1.54, 1.807) is 0 Å². The summed E-state index contributed by atoms with van der Waals surface area (Å²) in [7, 11) is 0. The van der Waals surface area contributed by atoms with Gasteiger partial charge in [-0.1, -0.05) is 13.8 Å². The van der Waals surface area contributed by atoms with Crippen LogP contribution < -0.4 is 20.5 Å². The molecule has 1 aromatic carbocycles. The number of anilines is 1. The van der Waals surface area contributed by atoms with Gasteiger partial charge in [-0.15, -0.1) is 0 Å². The number of benzene rings is 1. The zero-order valence-electron chi connectivity index (χ0n) is 15.9. The molecule has 0 spiro atoms. The van der Waals surface area contributed by atoms with Gasteiger partial charge in [0.25, 0.3) is 0 Å². The summed E-state index contributed by atoms with van der Waals surface area (Å²) in [5, 5.41) is 12.3. The number of nitrogens with two attached hydrogens (primary N) is 1. The molecule has 1 unspecified atom stereocenters. The molecule has 4 N–H and O–H groups in total. The Morgan fingerprint density at radius 1 is 1.24 bits per heavy atom. The molecule has 0 fully saturated rings. The number of aliphatic imine (C=N–C) groups is 1. The lowest BCUT2D eigenvalue weighted by Gasteiger charge is -2.17. The van der Waals surface area contributed by atoms with Gasteiger partial charge in [-0.3, -0.25) is 4.99 Å². The molecule has 0 aliphatic carbocycles. The number of rotatable bonds is 11. The van der Waals surface area contributed by atoms with Crippen molar-refractivity contribution in [3.05, 3.63) is 18.2 Å². The van der Waals surface area contributed by atoms with Crippen LogP contribution in [0.1, 0.15) is 40.5 Å². The van der Waals surface area contributed by atoms with Gasteiger partial charge in [0.05, 0.1) is 18.9 Å². The van der Waals surface area contributed by atoms with Crippen molar-refractivity contribution in [1.29, 1.82) is 0 Å². The second kappa shape index (κ2) is 11.6. The van der Waals surface area contributed by atoms with Gasteiger partial charge in [0, 0.05) is 19.2 Å². The Morgan fingerprint density at radius 2 is 1.96 bits per heavy atom. The van der Waals surface area contributed by atoms with Crippen molar-refractivity contribution in [3.63, 3.8) is 0 Å². The minimum Gasteiger partial charge on any atom is -0.494 e. The van der Waals surface area contributed by atoms with Crippen molar-refractivity contribution < 1.29 is 14.6 Å². The van der Waals surface area contributed by atoms with Gasteiger partial charge >= 0.3 is 0 Å². The Bertz CT molecular complexity index is 533. The van der Waals surface area contributed by atoms with Crippen molar-refractivity contribution in [2.45, 2.75) is 40.5 Å². The first-order chi connectivity index (χ1) is 12.0. The molecule has 1 atom stereocenters. The molecule has 0 aliphatic rings. The summed E-state index contributed by atoms with van der Waals surface area (Å²) in [5.74, 6) is 2.68. The van der Waals surface area contributed by atoms with Crippen LogP contribution in [-0.4, -0.2) is 37.4 Å². The van der Waals surface area contributed by atoms with Crippen LogP contribution in [0.4, 0.5) is 5.69 Å². The van der Waals surface area contributed by atoms with Gasteiger partial charge in [0.1, 0.15) is 11.5 Å². The number of hydrogen-bond donors (Lipinski definition) is 3. The van der Waals surface area contributed by atoms with Crippen molar-refractivity contribution in [2.24, 2.45) is 22.6 Å². The third kappa shape index (κ3) is 8.12. The van der Waals surface area contributed by atoms with Gasteiger partial charge in [-0.2, -0.15) is 0 Å². The number of aliphatic hydroxyl groups is 1. The predicted octanol–water partition coefficient (Wildman–Crippen LogP) is 3.26. The molecule has 142 valence electrons. The summed E-state index contributed by atoms with van der Waals surface area (Å²) in [4.78, 5) is 4.44. The Kier molecular flexibility index (Phi) is 9.77. The van der Waals surface area contributed by atoms with Crippen LogP contribution in [0.5, 0.6) is 11.5 Å². The normalized spacial score (nSPS) is 13.0. The summed E-state index contributed by atoms with van der Waals surface area (Å²) < 4.78 is 11.2. The third-order valence-electron chi connectivity index (χ3n) is 3.69. The second-order valence-electron chi connectivity index (χ2n) is 6.38. The van der Waals surface area contributed by atoms with Crippen LogP contribution in [0.25, 0.3) is 0 Å². The number of aliphatic hydroxyl groups excluding tert-OH is 1. The number of nitrogens with one attached hydrogen (secondary N) is 1. The molecule has 6 heteroatoms.